The van der Waals surface area contributed by atoms with Crippen molar-refractivity contribution < 1.29 is 64.2 Å². The van der Waals surface area contributed by atoms with E-state index in [0.717, 1.165) is 47.9 Å². The molecule has 0 saturated heterocycles. The second-order valence-electron chi connectivity index (χ2n) is 15.9. The number of aromatic hydroxyl groups is 2. The van der Waals surface area contributed by atoms with Gasteiger partial charge in [0.1, 0.15) is 11.5 Å². The molecular formula is C36H54Cl3CoN2O2. The molecule has 2 atom stereocenters. The van der Waals surface area contributed by atoms with E-state index in [0.29, 0.717) is 11.5 Å². The summed E-state index contributed by atoms with van der Waals surface area (Å²) in [6.45, 7) is 26.0. The number of aliphatic imine (C=N–C) groups is 2. The number of phenols is 2. The van der Waals surface area contributed by atoms with Gasteiger partial charge in [-0.3, -0.25) is 9.98 Å². The Labute approximate surface area is 296 Å². The van der Waals surface area contributed by atoms with E-state index in [1.807, 2.05) is 12.4 Å². The number of nitrogens with zero attached hydrogens (tertiary/aromatic N) is 2. The first kappa shape index (κ1) is 44.9. The van der Waals surface area contributed by atoms with Gasteiger partial charge in [0, 0.05) is 34.7 Å². The summed E-state index contributed by atoms with van der Waals surface area (Å²) in [4.78, 5) is 10.1. The van der Waals surface area contributed by atoms with E-state index in [-0.39, 0.29) is 87.7 Å². The summed E-state index contributed by atoms with van der Waals surface area (Å²) in [5, 5.41) is 22.5. The Kier molecular flexibility index (Phi) is 16.9. The zero-order valence-electron chi connectivity index (χ0n) is 28.7. The van der Waals surface area contributed by atoms with Crippen LogP contribution < -0.4 is 37.2 Å². The molecule has 250 valence electrons. The Morgan fingerprint density at radius 2 is 0.841 bits per heavy atom. The summed E-state index contributed by atoms with van der Waals surface area (Å²) in [5.41, 5.74) is 5.39. The van der Waals surface area contributed by atoms with Gasteiger partial charge in [0.2, 0.25) is 0 Å². The largest absolute Gasteiger partial charge is 3.00 e. The minimum atomic E-state index is -0.179. The molecule has 1 aliphatic rings. The maximum absolute atomic E-state index is 11.2. The van der Waals surface area contributed by atoms with Crippen molar-refractivity contribution in [1.82, 2.24) is 0 Å². The van der Waals surface area contributed by atoms with Crippen LogP contribution in [0.2, 0.25) is 0 Å². The van der Waals surface area contributed by atoms with Gasteiger partial charge in [-0.1, -0.05) is 108 Å². The van der Waals surface area contributed by atoms with Crippen molar-refractivity contribution in [1.29, 1.82) is 0 Å². The number of phenolic OH excluding ortho intramolecular Hbond substituents is 2. The van der Waals surface area contributed by atoms with Crippen LogP contribution in [0.1, 0.15) is 142 Å². The van der Waals surface area contributed by atoms with Crippen LogP contribution in [0, 0.1) is 0 Å². The van der Waals surface area contributed by atoms with Crippen molar-refractivity contribution in [2.75, 3.05) is 0 Å². The van der Waals surface area contributed by atoms with Crippen LogP contribution in [-0.2, 0) is 38.4 Å². The molecule has 2 aromatic carbocycles. The maximum Gasteiger partial charge on any atom is 3.00 e. The number of hydrogen-bond acceptors (Lipinski definition) is 4. The molecule has 1 saturated carbocycles. The SMILES string of the molecule is CC(C)(C)c1cc(C=N[C@@H]2CCCC[C@H]2N=Cc2cc(C(C)(C)C)cc(C(C)(C)C)c2O)c(O)c(C(C)(C)C)c1.[Cl-].[Cl-].[Cl-].[Co+3]. The quantitative estimate of drug-likeness (QED) is 0.444. The van der Waals surface area contributed by atoms with Crippen LogP contribution in [-0.4, -0.2) is 34.7 Å². The smallest absolute Gasteiger partial charge is 1.00 e. The van der Waals surface area contributed by atoms with Crippen LogP contribution in [0.5, 0.6) is 11.5 Å². The van der Waals surface area contributed by atoms with E-state index in [2.05, 4.69) is 107 Å². The zero-order valence-corrected chi connectivity index (χ0v) is 32.0. The third-order valence-corrected chi connectivity index (χ3v) is 8.13. The molecule has 0 aromatic heterocycles. The maximum atomic E-state index is 11.2. The predicted molar refractivity (Wildman–Crippen MR) is 172 cm³/mol. The fraction of sp³-hybridized carbons (Fsp3) is 0.611. The van der Waals surface area contributed by atoms with Gasteiger partial charge in [-0.25, -0.2) is 0 Å². The molecule has 0 unspecified atom stereocenters. The molecule has 0 heterocycles. The Morgan fingerprint density at radius 3 is 1.09 bits per heavy atom. The average molecular weight is 712 g/mol. The third-order valence-electron chi connectivity index (χ3n) is 8.13. The summed E-state index contributed by atoms with van der Waals surface area (Å²) in [6, 6.07) is 8.53. The Hall–Kier alpha value is -1.24. The van der Waals surface area contributed by atoms with Crippen molar-refractivity contribution >= 4 is 12.4 Å². The van der Waals surface area contributed by atoms with E-state index in [1.165, 1.54) is 11.1 Å². The van der Waals surface area contributed by atoms with E-state index >= 15 is 0 Å². The number of hydrogen-bond donors (Lipinski definition) is 2. The summed E-state index contributed by atoms with van der Waals surface area (Å²) in [5.74, 6) is 0.637. The van der Waals surface area contributed by atoms with E-state index < -0.39 is 0 Å². The first-order valence-corrected chi connectivity index (χ1v) is 15.0. The molecule has 1 aliphatic carbocycles. The summed E-state index contributed by atoms with van der Waals surface area (Å²) < 4.78 is 0. The second-order valence-corrected chi connectivity index (χ2v) is 15.9. The molecule has 0 spiro atoms. The van der Waals surface area contributed by atoms with E-state index in [1.54, 1.807) is 0 Å². The van der Waals surface area contributed by atoms with Crippen molar-refractivity contribution in [3.63, 3.8) is 0 Å². The molecule has 44 heavy (non-hydrogen) atoms. The van der Waals surface area contributed by atoms with Gasteiger partial charge in [0.25, 0.3) is 0 Å². The van der Waals surface area contributed by atoms with Crippen molar-refractivity contribution in [2.24, 2.45) is 9.98 Å². The Bertz CT molecular complexity index is 1180. The van der Waals surface area contributed by atoms with Gasteiger partial charge < -0.3 is 47.4 Å². The van der Waals surface area contributed by atoms with E-state index in [4.69, 9.17) is 9.98 Å². The van der Waals surface area contributed by atoms with Crippen molar-refractivity contribution in [3.05, 3.63) is 57.6 Å². The van der Waals surface area contributed by atoms with E-state index in [9.17, 15) is 10.2 Å². The van der Waals surface area contributed by atoms with Crippen LogP contribution >= 0.6 is 0 Å². The zero-order chi connectivity index (χ0) is 30.3. The summed E-state index contributed by atoms with van der Waals surface area (Å²) >= 11 is 0. The fourth-order valence-corrected chi connectivity index (χ4v) is 5.31. The Morgan fingerprint density at radius 1 is 0.545 bits per heavy atom. The van der Waals surface area contributed by atoms with Crippen LogP contribution in [0.25, 0.3) is 0 Å². The minimum Gasteiger partial charge on any atom is -1.00 e. The second kappa shape index (κ2) is 16.5. The minimum absolute atomic E-state index is 0. The molecule has 3 rings (SSSR count). The van der Waals surface area contributed by atoms with Crippen molar-refractivity contribution in [2.45, 2.75) is 143 Å². The van der Waals surface area contributed by atoms with Gasteiger partial charge in [-0.05, 0) is 57.8 Å². The first-order valence-electron chi connectivity index (χ1n) is 15.0. The predicted octanol–water partition coefficient (Wildman–Crippen LogP) is 0.147. The molecule has 0 amide bonds. The molecule has 0 aliphatic heterocycles. The van der Waals surface area contributed by atoms with Gasteiger partial charge >= 0.3 is 16.8 Å². The third kappa shape index (κ3) is 11.2. The van der Waals surface area contributed by atoms with Crippen LogP contribution in [0.15, 0.2) is 34.3 Å². The average Bonchev–Trinajstić information content (AvgIpc) is 2.80. The van der Waals surface area contributed by atoms with Gasteiger partial charge in [0.05, 0.1) is 12.1 Å². The molecule has 0 bridgehead atoms. The summed E-state index contributed by atoms with van der Waals surface area (Å²) in [6.07, 6.45) is 7.90. The van der Waals surface area contributed by atoms with Gasteiger partial charge in [0.15, 0.2) is 0 Å². The van der Waals surface area contributed by atoms with Crippen LogP contribution in [0.4, 0.5) is 0 Å². The van der Waals surface area contributed by atoms with Crippen molar-refractivity contribution in [3.8, 4) is 11.5 Å². The molecule has 1 fully saturated rings. The topological polar surface area (TPSA) is 65.2 Å². The number of benzene rings is 2. The number of halogens is 3. The number of rotatable bonds is 4. The van der Waals surface area contributed by atoms with Gasteiger partial charge in [-0.15, -0.1) is 0 Å². The fourth-order valence-electron chi connectivity index (χ4n) is 5.31. The normalized spacial score (nSPS) is 17.8. The standard InChI is InChI=1S/C36H54N2O2.3ClH.Co/c1-33(2,3)25-17-23(31(39)27(19-25)35(7,8)9)21-37-29-15-13-14-16-30(29)38-22-24-18-26(34(4,5)6)20-28(32(24)40)36(10,11)12;;;;/h17-22,29-30,39-40H,13-16H2,1-12H3;3*1H;/q;;;;+3/p-3/t29-,30-;;;;/m1..../s1. The van der Waals surface area contributed by atoms with Crippen LogP contribution in [0.3, 0.4) is 0 Å². The molecule has 2 aromatic rings. The Balaban J connectivity index is 0. The molecule has 8 heteroatoms. The molecular weight excluding hydrogens is 658 g/mol. The molecule has 0 radical (unpaired) electrons. The molecule has 4 nitrogen and oxygen atoms in total. The molecule has 2 N–H and O–H groups in total. The monoisotopic (exact) mass is 710 g/mol. The van der Waals surface area contributed by atoms with Gasteiger partial charge in [-0.2, -0.15) is 0 Å². The summed E-state index contributed by atoms with van der Waals surface area (Å²) in [7, 11) is 0. The first-order chi connectivity index (χ1) is 18.2.